The van der Waals surface area contributed by atoms with E-state index in [9.17, 15) is 18.0 Å². The summed E-state index contributed by atoms with van der Waals surface area (Å²) in [6, 6.07) is 7.71. The molecule has 2 heterocycles. The second-order valence-corrected chi connectivity index (χ2v) is 5.59. The van der Waals surface area contributed by atoms with Crippen LogP contribution in [0, 0.1) is 0 Å². The van der Waals surface area contributed by atoms with E-state index in [2.05, 4.69) is 5.32 Å². The van der Waals surface area contributed by atoms with Crippen LogP contribution in [0.4, 0.5) is 13.2 Å². The fourth-order valence-corrected chi connectivity index (χ4v) is 2.56. The third kappa shape index (κ3) is 3.79. The van der Waals surface area contributed by atoms with Gasteiger partial charge in [-0.3, -0.25) is 4.79 Å². The van der Waals surface area contributed by atoms with Crippen molar-refractivity contribution in [3.8, 4) is 11.3 Å². The van der Waals surface area contributed by atoms with Crippen LogP contribution in [0.5, 0.6) is 0 Å². The summed E-state index contributed by atoms with van der Waals surface area (Å²) in [4.78, 5) is 12.0. The molecular weight excluding hydrogens is 323 g/mol. The number of ether oxygens (including phenoxy) is 1. The van der Waals surface area contributed by atoms with Crippen LogP contribution in [-0.2, 0) is 10.9 Å². The Hall–Kier alpha value is -2.28. The lowest BCUT2D eigenvalue weighted by atomic mass is 10.1. The highest BCUT2D eigenvalue weighted by molar-refractivity contribution is 5.92. The second-order valence-electron chi connectivity index (χ2n) is 5.59. The summed E-state index contributed by atoms with van der Waals surface area (Å²) in [6.07, 6.45) is -2.55. The molecule has 1 aliphatic rings. The molecular formula is C17H16F3NO3. The van der Waals surface area contributed by atoms with Crippen molar-refractivity contribution < 1.29 is 27.1 Å². The molecule has 2 aromatic rings. The van der Waals surface area contributed by atoms with Gasteiger partial charge in [0.25, 0.3) is 5.91 Å². The minimum Gasteiger partial charge on any atom is -0.451 e. The Morgan fingerprint density at radius 3 is 2.79 bits per heavy atom. The Bertz CT molecular complexity index is 718. The minimum absolute atomic E-state index is 0.00634. The molecule has 7 heteroatoms. The van der Waals surface area contributed by atoms with Gasteiger partial charge in [0.05, 0.1) is 11.7 Å². The van der Waals surface area contributed by atoms with Gasteiger partial charge in [-0.2, -0.15) is 13.2 Å². The van der Waals surface area contributed by atoms with E-state index in [0.29, 0.717) is 13.2 Å². The molecule has 3 rings (SSSR count). The van der Waals surface area contributed by atoms with Crippen molar-refractivity contribution in [3.63, 3.8) is 0 Å². The molecule has 1 aliphatic heterocycles. The maximum Gasteiger partial charge on any atom is 0.416 e. The Morgan fingerprint density at radius 1 is 1.25 bits per heavy atom. The predicted octanol–water partition coefficient (Wildman–Crippen LogP) is 3.87. The van der Waals surface area contributed by atoms with Crippen LogP contribution < -0.4 is 5.32 Å². The highest BCUT2D eigenvalue weighted by atomic mass is 19.4. The van der Waals surface area contributed by atoms with Gasteiger partial charge in [0.15, 0.2) is 5.76 Å². The third-order valence-corrected chi connectivity index (χ3v) is 3.82. The van der Waals surface area contributed by atoms with E-state index in [-0.39, 0.29) is 23.2 Å². The molecule has 0 saturated carbocycles. The molecule has 1 aromatic carbocycles. The molecule has 0 bridgehead atoms. The summed E-state index contributed by atoms with van der Waals surface area (Å²) < 4.78 is 49.1. The summed E-state index contributed by atoms with van der Waals surface area (Å²) in [5.74, 6) is -0.146. The molecule has 24 heavy (non-hydrogen) atoms. The number of benzene rings is 1. The van der Waals surface area contributed by atoms with Gasteiger partial charge in [-0.1, -0.05) is 12.1 Å². The number of nitrogens with one attached hydrogen (secondary N) is 1. The normalized spacial score (nSPS) is 17.9. The summed E-state index contributed by atoms with van der Waals surface area (Å²) in [6.45, 7) is 1.08. The molecule has 0 aliphatic carbocycles. The van der Waals surface area contributed by atoms with Gasteiger partial charge in [-0.05, 0) is 37.1 Å². The number of hydrogen-bond donors (Lipinski definition) is 1. The van der Waals surface area contributed by atoms with Gasteiger partial charge >= 0.3 is 6.18 Å². The van der Waals surface area contributed by atoms with Gasteiger partial charge in [-0.25, -0.2) is 0 Å². The number of rotatable bonds is 4. The Kier molecular flexibility index (Phi) is 4.62. The third-order valence-electron chi connectivity index (χ3n) is 3.82. The zero-order chi connectivity index (χ0) is 17.2. The van der Waals surface area contributed by atoms with Crippen molar-refractivity contribution in [1.82, 2.24) is 5.32 Å². The van der Waals surface area contributed by atoms with E-state index in [4.69, 9.17) is 9.15 Å². The monoisotopic (exact) mass is 339 g/mol. The molecule has 0 spiro atoms. The van der Waals surface area contributed by atoms with E-state index in [1.807, 2.05) is 0 Å². The number of halogens is 3. The number of furan rings is 1. The molecule has 1 saturated heterocycles. The molecule has 1 atom stereocenters. The molecule has 0 unspecified atom stereocenters. The predicted molar refractivity (Wildman–Crippen MR) is 80.5 cm³/mol. The van der Waals surface area contributed by atoms with Gasteiger partial charge in [-0.15, -0.1) is 0 Å². The van der Waals surface area contributed by atoms with Gasteiger partial charge < -0.3 is 14.5 Å². The zero-order valence-electron chi connectivity index (χ0n) is 12.7. The number of alkyl halides is 3. The topological polar surface area (TPSA) is 51.5 Å². The average Bonchev–Trinajstić information content (AvgIpc) is 3.23. The summed E-state index contributed by atoms with van der Waals surface area (Å²) in [5.41, 5.74) is -0.496. The lowest BCUT2D eigenvalue weighted by Gasteiger charge is -2.09. The fourth-order valence-electron chi connectivity index (χ4n) is 2.56. The largest absolute Gasteiger partial charge is 0.451 e. The first-order chi connectivity index (χ1) is 11.4. The van der Waals surface area contributed by atoms with E-state index < -0.39 is 17.6 Å². The minimum atomic E-state index is -4.43. The van der Waals surface area contributed by atoms with Crippen molar-refractivity contribution in [2.24, 2.45) is 0 Å². The highest BCUT2D eigenvalue weighted by Crippen LogP contribution is 2.32. The number of amides is 1. The second kappa shape index (κ2) is 6.68. The van der Waals surface area contributed by atoms with Crippen molar-refractivity contribution in [1.29, 1.82) is 0 Å². The van der Waals surface area contributed by atoms with Crippen LogP contribution in [0.2, 0.25) is 0 Å². The van der Waals surface area contributed by atoms with Crippen LogP contribution >= 0.6 is 0 Å². The Morgan fingerprint density at radius 2 is 2.08 bits per heavy atom. The maximum absolute atomic E-state index is 12.8. The first-order valence-corrected chi connectivity index (χ1v) is 7.61. The fraction of sp³-hybridized carbons (Fsp3) is 0.353. The van der Waals surface area contributed by atoms with E-state index in [1.165, 1.54) is 24.3 Å². The van der Waals surface area contributed by atoms with Crippen LogP contribution in [0.3, 0.4) is 0 Å². The summed E-state index contributed by atoms with van der Waals surface area (Å²) in [5, 5.41) is 2.70. The molecule has 4 nitrogen and oxygen atoms in total. The number of carbonyl (C=O) groups excluding carboxylic acids is 1. The van der Waals surface area contributed by atoms with Crippen LogP contribution in [0.15, 0.2) is 40.8 Å². The van der Waals surface area contributed by atoms with Gasteiger partial charge in [0.1, 0.15) is 5.76 Å². The summed E-state index contributed by atoms with van der Waals surface area (Å²) >= 11 is 0. The number of hydrogen-bond acceptors (Lipinski definition) is 3. The van der Waals surface area contributed by atoms with Crippen molar-refractivity contribution in [2.75, 3.05) is 13.2 Å². The molecule has 0 radical (unpaired) electrons. The van der Waals surface area contributed by atoms with Crippen molar-refractivity contribution in [2.45, 2.75) is 25.1 Å². The van der Waals surface area contributed by atoms with Gasteiger partial charge in [0.2, 0.25) is 0 Å². The molecule has 128 valence electrons. The smallest absolute Gasteiger partial charge is 0.416 e. The Labute approximate surface area is 136 Å². The van der Waals surface area contributed by atoms with E-state index >= 15 is 0 Å². The quantitative estimate of drug-likeness (QED) is 0.920. The SMILES string of the molecule is O=C(NC[C@@H]1CCCO1)c1ccc(-c2cccc(C(F)(F)F)c2)o1. The van der Waals surface area contributed by atoms with Crippen LogP contribution in [0.25, 0.3) is 11.3 Å². The van der Waals surface area contributed by atoms with Crippen LogP contribution in [-0.4, -0.2) is 25.2 Å². The number of carbonyl (C=O) groups is 1. The average molecular weight is 339 g/mol. The molecule has 1 fully saturated rings. The van der Waals surface area contributed by atoms with Crippen molar-refractivity contribution >= 4 is 5.91 Å². The molecule has 1 N–H and O–H groups in total. The van der Waals surface area contributed by atoms with E-state index in [1.54, 1.807) is 0 Å². The van der Waals surface area contributed by atoms with Crippen molar-refractivity contribution in [3.05, 3.63) is 47.7 Å². The maximum atomic E-state index is 12.8. The standard InChI is InChI=1S/C17H16F3NO3/c18-17(19,20)12-4-1-3-11(9-12)14-6-7-15(24-14)16(22)21-10-13-5-2-8-23-13/h1,3-4,6-7,9,13H,2,5,8,10H2,(H,21,22)/t13-/m0/s1. The Balaban J connectivity index is 1.69. The lowest BCUT2D eigenvalue weighted by Crippen LogP contribution is -2.31. The lowest BCUT2D eigenvalue weighted by molar-refractivity contribution is -0.137. The van der Waals surface area contributed by atoms with E-state index in [0.717, 1.165) is 25.0 Å². The highest BCUT2D eigenvalue weighted by Gasteiger charge is 2.30. The zero-order valence-corrected chi connectivity index (χ0v) is 12.7. The van der Waals surface area contributed by atoms with Gasteiger partial charge in [0, 0.05) is 18.7 Å². The first kappa shape index (κ1) is 16.6. The first-order valence-electron chi connectivity index (χ1n) is 7.61. The molecule has 1 aromatic heterocycles. The van der Waals surface area contributed by atoms with Crippen LogP contribution in [0.1, 0.15) is 29.0 Å². The molecule has 1 amide bonds. The summed E-state index contributed by atoms with van der Waals surface area (Å²) in [7, 11) is 0.